The lowest BCUT2D eigenvalue weighted by molar-refractivity contribution is 0.641. The van der Waals surface area contributed by atoms with E-state index in [0.717, 1.165) is 13.1 Å². The maximum atomic E-state index is 3.52. The van der Waals surface area contributed by atoms with E-state index in [1.165, 1.54) is 34.9 Å². The van der Waals surface area contributed by atoms with Gasteiger partial charge in [-0.3, -0.25) is 0 Å². The number of halogens is 1. The van der Waals surface area contributed by atoms with Gasteiger partial charge in [-0.1, -0.05) is 35.0 Å². The first-order chi connectivity index (χ1) is 7.24. The van der Waals surface area contributed by atoms with E-state index in [9.17, 15) is 0 Å². The van der Waals surface area contributed by atoms with E-state index in [4.69, 9.17) is 0 Å². The van der Waals surface area contributed by atoms with Crippen molar-refractivity contribution >= 4 is 15.9 Å². The SMILES string of the molecule is CCNCCCCc1ccc(Br)c(C)c1. The number of nitrogens with one attached hydrogen (secondary N) is 1. The summed E-state index contributed by atoms with van der Waals surface area (Å²) in [5.41, 5.74) is 2.78. The largest absolute Gasteiger partial charge is 0.317 e. The molecule has 1 rings (SSSR count). The molecule has 0 heterocycles. The quantitative estimate of drug-likeness (QED) is 0.777. The molecule has 0 saturated heterocycles. The highest BCUT2D eigenvalue weighted by Crippen LogP contribution is 2.18. The fourth-order valence-corrected chi connectivity index (χ4v) is 1.86. The number of rotatable bonds is 6. The Hall–Kier alpha value is -0.340. The van der Waals surface area contributed by atoms with Crippen molar-refractivity contribution in [2.45, 2.75) is 33.1 Å². The van der Waals surface area contributed by atoms with Crippen molar-refractivity contribution in [1.82, 2.24) is 5.32 Å². The summed E-state index contributed by atoms with van der Waals surface area (Å²) in [6.07, 6.45) is 3.73. The Morgan fingerprint density at radius 2 is 2.07 bits per heavy atom. The van der Waals surface area contributed by atoms with Gasteiger partial charge in [-0.2, -0.15) is 0 Å². The van der Waals surface area contributed by atoms with E-state index in [2.05, 4.69) is 53.3 Å². The second kappa shape index (κ2) is 7.02. The molecule has 1 aromatic rings. The zero-order valence-corrected chi connectivity index (χ0v) is 11.2. The summed E-state index contributed by atoms with van der Waals surface area (Å²) < 4.78 is 1.21. The maximum Gasteiger partial charge on any atom is 0.0204 e. The third-order valence-electron chi connectivity index (χ3n) is 2.54. The van der Waals surface area contributed by atoms with Crippen LogP contribution in [0.1, 0.15) is 30.9 Å². The van der Waals surface area contributed by atoms with Gasteiger partial charge in [0.2, 0.25) is 0 Å². The van der Waals surface area contributed by atoms with Gasteiger partial charge in [0.05, 0.1) is 0 Å². The lowest BCUT2D eigenvalue weighted by Crippen LogP contribution is -2.13. The molecule has 0 amide bonds. The Bertz CT molecular complexity index is 297. The highest BCUT2D eigenvalue weighted by molar-refractivity contribution is 9.10. The van der Waals surface area contributed by atoms with Crippen LogP contribution in [-0.4, -0.2) is 13.1 Å². The summed E-state index contributed by atoms with van der Waals surface area (Å²) in [5.74, 6) is 0. The Kier molecular flexibility index (Phi) is 5.96. The summed E-state index contributed by atoms with van der Waals surface area (Å²) >= 11 is 3.52. The zero-order valence-electron chi connectivity index (χ0n) is 9.65. The summed E-state index contributed by atoms with van der Waals surface area (Å²) in [4.78, 5) is 0. The highest BCUT2D eigenvalue weighted by atomic mass is 79.9. The molecule has 0 aliphatic rings. The number of hydrogen-bond acceptors (Lipinski definition) is 1. The van der Waals surface area contributed by atoms with Crippen LogP contribution in [-0.2, 0) is 6.42 Å². The van der Waals surface area contributed by atoms with Gasteiger partial charge in [-0.15, -0.1) is 0 Å². The van der Waals surface area contributed by atoms with Crippen LogP contribution in [0.3, 0.4) is 0 Å². The summed E-state index contributed by atoms with van der Waals surface area (Å²) in [5, 5.41) is 3.35. The van der Waals surface area contributed by atoms with Crippen LogP contribution in [0.4, 0.5) is 0 Å². The lowest BCUT2D eigenvalue weighted by atomic mass is 10.1. The Morgan fingerprint density at radius 3 is 2.73 bits per heavy atom. The summed E-state index contributed by atoms with van der Waals surface area (Å²) in [7, 11) is 0. The number of benzene rings is 1. The topological polar surface area (TPSA) is 12.0 Å². The first-order valence-electron chi connectivity index (χ1n) is 5.69. The number of unbranched alkanes of at least 4 members (excludes halogenated alkanes) is 1. The van der Waals surface area contributed by atoms with Crippen LogP contribution < -0.4 is 5.32 Å². The van der Waals surface area contributed by atoms with E-state index in [0.29, 0.717) is 0 Å². The molecule has 2 heteroatoms. The Labute approximate surface area is 101 Å². The molecule has 84 valence electrons. The standard InChI is InChI=1S/C13H20BrN/c1-3-15-9-5-4-6-12-7-8-13(14)11(2)10-12/h7-8,10,15H,3-6,9H2,1-2H3. The van der Waals surface area contributed by atoms with Crippen LogP contribution in [0, 0.1) is 6.92 Å². The summed E-state index contributed by atoms with van der Waals surface area (Å²) in [6, 6.07) is 6.64. The van der Waals surface area contributed by atoms with Crippen LogP contribution in [0.25, 0.3) is 0 Å². The maximum absolute atomic E-state index is 3.52. The van der Waals surface area contributed by atoms with Gasteiger partial charge in [0.15, 0.2) is 0 Å². The number of hydrogen-bond donors (Lipinski definition) is 1. The van der Waals surface area contributed by atoms with Gasteiger partial charge in [-0.25, -0.2) is 0 Å². The predicted molar refractivity (Wildman–Crippen MR) is 70.4 cm³/mol. The van der Waals surface area contributed by atoms with Gasteiger partial charge >= 0.3 is 0 Å². The average molecular weight is 270 g/mol. The summed E-state index contributed by atoms with van der Waals surface area (Å²) in [6.45, 7) is 6.52. The number of aryl methyl sites for hydroxylation is 2. The van der Waals surface area contributed by atoms with Crippen molar-refractivity contribution in [2.75, 3.05) is 13.1 Å². The molecular weight excluding hydrogens is 250 g/mol. The predicted octanol–water partition coefficient (Wildman–Crippen LogP) is 3.69. The minimum atomic E-state index is 1.08. The van der Waals surface area contributed by atoms with Crippen molar-refractivity contribution < 1.29 is 0 Å². The zero-order chi connectivity index (χ0) is 11.1. The van der Waals surface area contributed by atoms with Crippen LogP contribution in [0.2, 0.25) is 0 Å². The molecule has 0 unspecified atom stereocenters. The van der Waals surface area contributed by atoms with E-state index < -0.39 is 0 Å². The molecule has 0 aliphatic carbocycles. The smallest absolute Gasteiger partial charge is 0.0204 e. The molecule has 15 heavy (non-hydrogen) atoms. The molecule has 0 atom stereocenters. The minimum Gasteiger partial charge on any atom is -0.317 e. The van der Waals surface area contributed by atoms with Gasteiger partial charge in [0, 0.05) is 4.47 Å². The second-order valence-electron chi connectivity index (χ2n) is 3.89. The van der Waals surface area contributed by atoms with E-state index in [1.807, 2.05) is 0 Å². The fourth-order valence-electron chi connectivity index (χ4n) is 1.62. The third-order valence-corrected chi connectivity index (χ3v) is 3.43. The molecule has 1 nitrogen and oxygen atoms in total. The lowest BCUT2D eigenvalue weighted by Gasteiger charge is -2.05. The highest BCUT2D eigenvalue weighted by Gasteiger charge is 1.97. The van der Waals surface area contributed by atoms with Gasteiger partial charge in [0.1, 0.15) is 0 Å². The van der Waals surface area contributed by atoms with Crippen LogP contribution >= 0.6 is 15.9 Å². The molecule has 1 N–H and O–H groups in total. The van der Waals surface area contributed by atoms with E-state index >= 15 is 0 Å². The molecule has 0 aromatic heterocycles. The van der Waals surface area contributed by atoms with Crippen molar-refractivity contribution in [1.29, 1.82) is 0 Å². The molecular formula is C13H20BrN. The molecule has 0 fully saturated rings. The molecule has 0 aliphatic heterocycles. The molecule has 0 saturated carbocycles. The van der Waals surface area contributed by atoms with Gasteiger partial charge in [-0.05, 0) is 56.5 Å². The molecule has 0 radical (unpaired) electrons. The second-order valence-corrected chi connectivity index (χ2v) is 4.75. The van der Waals surface area contributed by atoms with E-state index in [1.54, 1.807) is 0 Å². The molecule has 0 bridgehead atoms. The van der Waals surface area contributed by atoms with Crippen LogP contribution in [0.15, 0.2) is 22.7 Å². The Balaban J connectivity index is 2.28. The third kappa shape index (κ3) is 4.80. The van der Waals surface area contributed by atoms with Gasteiger partial charge in [0.25, 0.3) is 0 Å². The van der Waals surface area contributed by atoms with E-state index in [-0.39, 0.29) is 0 Å². The normalized spacial score (nSPS) is 10.6. The van der Waals surface area contributed by atoms with Gasteiger partial charge < -0.3 is 5.32 Å². The molecule has 0 spiro atoms. The fraction of sp³-hybridized carbons (Fsp3) is 0.538. The van der Waals surface area contributed by atoms with Crippen LogP contribution in [0.5, 0.6) is 0 Å². The first kappa shape index (κ1) is 12.7. The average Bonchev–Trinajstić information content (AvgIpc) is 2.23. The van der Waals surface area contributed by atoms with Crippen molar-refractivity contribution in [2.24, 2.45) is 0 Å². The first-order valence-corrected chi connectivity index (χ1v) is 6.49. The van der Waals surface area contributed by atoms with Crippen molar-refractivity contribution in [3.05, 3.63) is 33.8 Å². The minimum absolute atomic E-state index is 1.08. The monoisotopic (exact) mass is 269 g/mol. The van der Waals surface area contributed by atoms with Crippen molar-refractivity contribution in [3.8, 4) is 0 Å². The Morgan fingerprint density at radius 1 is 1.27 bits per heavy atom. The van der Waals surface area contributed by atoms with Crippen molar-refractivity contribution in [3.63, 3.8) is 0 Å². The molecule has 1 aromatic carbocycles.